The van der Waals surface area contributed by atoms with Crippen LogP contribution < -0.4 is 15.8 Å². The fourth-order valence-corrected chi connectivity index (χ4v) is 0.909. The predicted molar refractivity (Wildman–Crippen MR) is 47.7 cm³/mol. The molecule has 0 atom stereocenters. The zero-order valence-electron chi connectivity index (χ0n) is 7.71. The van der Waals surface area contributed by atoms with E-state index in [-0.39, 0.29) is 16.6 Å². The Morgan fingerprint density at radius 2 is 2.27 bits per heavy atom. The predicted octanol–water partition coefficient (Wildman–Crippen LogP) is 0.638. The van der Waals surface area contributed by atoms with Crippen LogP contribution in [0, 0.1) is 15.9 Å². The van der Waals surface area contributed by atoms with E-state index in [9.17, 15) is 14.5 Å². The van der Waals surface area contributed by atoms with Gasteiger partial charge in [0.15, 0.2) is 5.82 Å². The number of nitrogens with two attached hydrogens (primary N) is 1. The van der Waals surface area contributed by atoms with E-state index in [0.29, 0.717) is 0 Å². The number of halogens is 1. The van der Waals surface area contributed by atoms with E-state index in [2.05, 4.69) is 4.94 Å². The maximum Gasteiger partial charge on any atom is 0.318 e. The minimum Gasteiger partial charge on any atom is -0.497 e. The second-order valence-electron chi connectivity index (χ2n) is 2.45. The van der Waals surface area contributed by atoms with Crippen molar-refractivity contribution in [2.45, 2.75) is 0 Å². The summed E-state index contributed by atoms with van der Waals surface area (Å²) in [5.41, 5.74) is -0.271. The third-order valence-electron chi connectivity index (χ3n) is 1.55. The molecule has 0 amide bonds. The van der Waals surface area contributed by atoms with E-state index in [1.165, 1.54) is 19.2 Å². The minimum atomic E-state index is -1.15. The summed E-state index contributed by atoms with van der Waals surface area (Å²) in [5.74, 6) is 4.55. The molecule has 0 bridgehead atoms. The van der Waals surface area contributed by atoms with Crippen molar-refractivity contribution in [1.29, 1.82) is 0 Å². The van der Waals surface area contributed by atoms with Gasteiger partial charge in [0.05, 0.1) is 7.11 Å². The summed E-state index contributed by atoms with van der Waals surface area (Å²) >= 11 is 0. The van der Waals surface area contributed by atoms with Gasteiger partial charge in [0, 0.05) is 6.07 Å². The first-order chi connectivity index (χ1) is 7.04. The summed E-state index contributed by atoms with van der Waals surface area (Å²) in [6.45, 7) is 0. The van der Waals surface area contributed by atoms with Crippen LogP contribution in [0.5, 0.6) is 5.75 Å². The van der Waals surface area contributed by atoms with Crippen LogP contribution in [0.1, 0.15) is 0 Å². The van der Waals surface area contributed by atoms with E-state index in [1.54, 1.807) is 0 Å². The van der Waals surface area contributed by atoms with Crippen molar-refractivity contribution in [3.8, 4) is 5.75 Å². The molecule has 1 rings (SSSR count). The van der Waals surface area contributed by atoms with Gasteiger partial charge in [-0.05, 0) is 12.1 Å². The molecule has 8 heteroatoms. The first kappa shape index (κ1) is 11.0. The lowest BCUT2D eigenvalue weighted by Gasteiger charge is -2.14. The zero-order valence-corrected chi connectivity index (χ0v) is 7.71. The van der Waals surface area contributed by atoms with Gasteiger partial charge in [-0.25, -0.2) is 10.2 Å². The lowest BCUT2D eigenvalue weighted by atomic mass is 10.3. The summed E-state index contributed by atoms with van der Waals surface area (Å²) in [4.78, 5) is 13.8. The lowest BCUT2D eigenvalue weighted by molar-refractivity contribution is -0.762. The Morgan fingerprint density at radius 1 is 1.60 bits per heavy atom. The van der Waals surface area contributed by atoms with Crippen LogP contribution in [-0.2, 0) is 4.94 Å². The summed E-state index contributed by atoms with van der Waals surface area (Å²) < 4.78 is 18.0. The maximum atomic E-state index is 13.2. The van der Waals surface area contributed by atoms with Crippen molar-refractivity contribution < 1.29 is 19.2 Å². The largest absolute Gasteiger partial charge is 0.497 e. The smallest absolute Gasteiger partial charge is 0.318 e. The molecule has 1 aromatic carbocycles. The van der Waals surface area contributed by atoms with Crippen LogP contribution in [0.4, 0.5) is 10.1 Å². The number of rotatable bonds is 4. The minimum absolute atomic E-state index is 0.217. The molecule has 0 heterocycles. The van der Waals surface area contributed by atoms with Crippen LogP contribution in [0.15, 0.2) is 18.2 Å². The number of methoxy groups -OCH3 is 1. The number of benzene rings is 1. The van der Waals surface area contributed by atoms with Crippen molar-refractivity contribution in [3.05, 3.63) is 34.1 Å². The number of anilines is 1. The van der Waals surface area contributed by atoms with Crippen molar-refractivity contribution in [1.82, 2.24) is 0 Å². The topological polar surface area (TPSA) is 90.9 Å². The Morgan fingerprint density at radius 3 is 2.73 bits per heavy atom. The van der Waals surface area contributed by atoms with Gasteiger partial charge in [-0.2, -0.15) is 4.94 Å². The van der Waals surface area contributed by atoms with Crippen molar-refractivity contribution in [2.24, 2.45) is 5.84 Å². The Balaban J connectivity index is 2.90. The van der Waals surface area contributed by atoms with Crippen LogP contribution in [0.2, 0.25) is 0 Å². The summed E-state index contributed by atoms with van der Waals surface area (Å²) in [6, 6.07) is 3.61. The van der Waals surface area contributed by atoms with E-state index in [4.69, 9.17) is 10.6 Å². The van der Waals surface area contributed by atoms with Crippen LogP contribution in [-0.4, -0.2) is 12.2 Å². The molecule has 0 fully saturated rings. The molecular formula is C7H8FN3O4. The second kappa shape index (κ2) is 4.42. The number of nitrogens with zero attached hydrogens (tertiary/aromatic N) is 2. The second-order valence-corrected chi connectivity index (χ2v) is 2.45. The van der Waals surface area contributed by atoms with Crippen molar-refractivity contribution in [3.63, 3.8) is 0 Å². The Hall–Kier alpha value is -2.09. The van der Waals surface area contributed by atoms with E-state index < -0.39 is 10.9 Å². The number of hydrogen-bond acceptors (Lipinski definition) is 6. The number of hydrazine groups is 1. The summed E-state index contributed by atoms with van der Waals surface area (Å²) in [7, 11) is 1.36. The van der Waals surface area contributed by atoms with Crippen LogP contribution in [0.3, 0.4) is 0 Å². The number of hydrogen-bond donors (Lipinski definition) is 1. The molecule has 7 nitrogen and oxygen atoms in total. The maximum absolute atomic E-state index is 13.2. The highest BCUT2D eigenvalue weighted by Gasteiger charge is 2.12. The fourth-order valence-electron chi connectivity index (χ4n) is 0.909. The molecule has 0 saturated heterocycles. The highest BCUT2D eigenvalue weighted by atomic mass is 19.1. The summed E-state index contributed by atoms with van der Waals surface area (Å²) in [5, 5.41) is 9.00. The van der Waals surface area contributed by atoms with Gasteiger partial charge in [-0.15, -0.1) is 15.3 Å². The highest BCUT2D eigenvalue weighted by Crippen LogP contribution is 2.22. The third kappa shape index (κ3) is 2.68. The quantitative estimate of drug-likeness (QED) is 0.452. The Labute approximate surface area is 83.8 Å². The average Bonchev–Trinajstić information content (AvgIpc) is 2.16. The SMILES string of the molecule is COc1ccc(N(N)O[N+](=O)[O-])c(F)c1. The van der Waals surface area contributed by atoms with Crippen LogP contribution >= 0.6 is 0 Å². The molecule has 0 saturated carbocycles. The molecule has 0 aliphatic heterocycles. The summed E-state index contributed by atoms with van der Waals surface area (Å²) in [6.07, 6.45) is 0. The van der Waals surface area contributed by atoms with E-state index in [1.807, 2.05) is 0 Å². The van der Waals surface area contributed by atoms with Crippen molar-refractivity contribution >= 4 is 5.69 Å². The number of ether oxygens (including phenoxy) is 1. The van der Waals surface area contributed by atoms with Gasteiger partial charge < -0.3 is 4.74 Å². The van der Waals surface area contributed by atoms with Crippen molar-refractivity contribution in [2.75, 3.05) is 12.3 Å². The molecule has 0 radical (unpaired) electrons. The first-order valence-electron chi connectivity index (χ1n) is 3.75. The molecular weight excluding hydrogens is 209 g/mol. The molecule has 0 unspecified atom stereocenters. The van der Waals surface area contributed by atoms with Gasteiger partial charge >= 0.3 is 5.09 Å². The molecule has 2 N–H and O–H groups in total. The molecule has 0 aromatic heterocycles. The van der Waals surface area contributed by atoms with Gasteiger partial charge in [0.25, 0.3) is 0 Å². The van der Waals surface area contributed by atoms with Gasteiger partial charge in [0.2, 0.25) is 0 Å². The monoisotopic (exact) mass is 217 g/mol. The molecule has 82 valence electrons. The van der Waals surface area contributed by atoms with Gasteiger partial charge in [0.1, 0.15) is 11.4 Å². The van der Waals surface area contributed by atoms with Gasteiger partial charge in [-0.1, -0.05) is 0 Å². The Kier molecular flexibility index (Phi) is 3.24. The van der Waals surface area contributed by atoms with E-state index >= 15 is 0 Å². The average molecular weight is 217 g/mol. The lowest BCUT2D eigenvalue weighted by Crippen LogP contribution is -2.34. The van der Waals surface area contributed by atoms with Crippen LogP contribution in [0.25, 0.3) is 0 Å². The third-order valence-corrected chi connectivity index (χ3v) is 1.55. The molecule has 1 aromatic rings. The van der Waals surface area contributed by atoms with E-state index in [0.717, 1.165) is 6.07 Å². The molecule has 0 aliphatic rings. The normalized spacial score (nSPS) is 9.53. The van der Waals surface area contributed by atoms with Gasteiger partial charge in [-0.3, -0.25) is 0 Å². The molecule has 0 spiro atoms. The fraction of sp³-hybridized carbons (Fsp3) is 0.143. The molecule has 15 heavy (non-hydrogen) atoms. The zero-order chi connectivity index (χ0) is 11.4. The first-order valence-corrected chi connectivity index (χ1v) is 3.75. The highest BCUT2D eigenvalue weighted by molar-refractivity contribution is 5.47. The Bertz CT molecular complexity index is 373. The standard InChI is InChI=1S/C7H8FN3O4/c1-14-5-2-3-7(6(8)4-5)10(9)15-11(12)13/h2-4H,9H2,1H3. The molecule has 0 aliphatic carbocycles.